The topological polar surface area (TPSA) is 81.8 Å². The van der Waals surface area contributed by atoms with Crippen LogP contribution in [-0.4, -0.2) is 25.2 Å². The molecular weight excluding hydrogens is 409 g/mol. The molecule has 0 aliphatic heterocycles. The van der Waals surface area contributed by atoms with Crippen LogP contribution in [0.3, 0.4) is 0 Å². The number of amides is 1. The van der Waals surface area contributed by atoms with Crippen LogP contribution < -0.4 is 10.9 Å². The van der Waals surface area contributed by atoms with E-state index in [4.69, 9.17) is 11.6 Å². The Kier molecular flexibility index (Phi) is 5.09. The Balaban J connectivity index is 1.55. The molecule has 0 aliphatic carbocycles. The highest BCUT2D eigenvalue weighted by Crippen LogP contribution is 2.24. The molecule has 0 bridgehead atoms. The van der Waals surface area contributed by atoms with Gasteiger partial charge in [-0.2, -0.15) is 5.10 Å². The summed E-state index contributed by atoms with van der Waals surface area (Å²) in [5.41, 5.74) is 1.64. The zero-order valence-electron chi connectivity index (χ0n) is 16.1. The summed E-state index contributed by atoms with van der Waals surface area (Å²) in [6.45, 7) is 1.61. The molecule has 0 fully saturated rings. The van der Waals surface area contributed by atoms with Gasteiger partial charge in [-0.1, -0.05) is 23.7 Å². The Labute approximate surface area is 175 Å². The lowest BCUT2D eigenvalue weighted by Crippen LogP contribution is -2.31. The maximum Gasteiger partial charge on any atom is 0.261 e. The Morgan fingerprint density at radius 3 is 2.60 bits per heavy atom. The molecule has 0 aliphatic rings. The lowest BCUT2D eigenvalue weighted by molar-refractivity contribution is -0.118. The molecule has 9 heteroatoms. The first-order valence-electron chi connectivity index (χ1n) is 9.10. The molecule has 2 aromatic carbocycles. The minimum absolute atomic E-state index is 0.332. The first-order chi connectivity index (χ1) is 14.3. The van der Waals surface area contributed by atoms with Gasteiger partial charge in [-0.05, 0) is 37.3 Å². The standard InChI is InChI=1S/C21H17ClFN5O2/c1-12(28-11-24-18-9-14(22)5-8-16(18)21(28)30)20(29)26-15-6-3-13(4-7-15)19-17(23)10-25-27(19)2/h3-12H,1-2H3,(H,26,29)/t12-/m1/s1. The summed E-state index contributed by atoms with van der Waals surface area (Å²) in [4.78, 5) is 29.6. The van der Waals surface area contributed by atoms with Gasteiger partial charge >= 0.3 is 0 Å². The normalized spacial score (nSPS) is 12.1. The minimum Gasteiger partial charge on any atom is -0.324 e. The third-order valence-electron chi connectivity index (χ3n) is 4.86. The number of anilines is 1. The van der Waals surface area contributed by atoms with Crippen molar-refractivity contribution in [1.29, 1.82) is 0 Å². The van der Waals surface area contributed by atoms with Gasteiger partial charge in [0.05, 0.1) is 23.4 Å². The lowest BCUT2D eigenvalue weighted by atomic mass is 10.1. The van der Waals surface area contributed by atoms with Crippen LogP contribution in [0.1, 0.15) is 13.0 Å². The van der Waals surface area contributed by atoms with Gasteiger partial charge in [0.2, 0.25) is 5.91 Å². The molecule has 7 nitrogen and oxygen atoms in total. The molecule has 0 saturated heterocycles. The van der Waals surface area contributed by atoms with Gasteiger partial charge in [-0.15, -0.1) is 0 Å². The molecule has 2 aromatic heterocycles. The van der Waals surface area contributed by atoms with E-state index in [9.17, 15) is 14.0 Å². The molecule has 0 spiro atoms. The number of benzene rings is 2. The number of nitrogens with zero attached hydrogens (tertiary/aromatic N) is 4. The van der Waals surface area contributed by atoms with Gasteiger partial charge in [0.25, 0.3) is 5.56 Å². The van der Waals surface area contributed by atoms with Crippen molar-refractivity contribution in [3.63, 3.8) is 0 Å². The SMILES string of the molecule is C[C@H](C(=O)Nc1ccc(-c2c(F)cnn2C)cc1)n1cnc2cc(Cl)ccc2c1=O. The maximum atomic E-state index is 13.9. The molecule has 4 rings (SSSR count). The number of aryl methyl sites for hydroxylation is 1. The van der Waals surface area contributed by atoms with E-state index in [0.717, 1.165) is 6.20 Å². The van der Waals surface area contributed by atoms with E-state index in [2.05, 4.69) is 15.4 Å². The van der Waals surface area contributed by atoms with Gasteiger partial charge in [-0.25, -0.2) is 9.37 Å². The van der Waals surface area contributed by atoms with Gasteiger partial charge in [0.1, 0.15) is 11.7 Å². The summed E-state index contributed by atoms with van der Waals surface area (Å²) in [5, 5.41) is 7.50. The number of aromatic nitrogens is 4. The first-order valence-corrected chi connectivity index (χ1v) is 9.48. The van der Waals surface area contributed by atoms with E-state index >= 15 is 0 Å². The fraction of sp³-hybridized carbons (Fsp3) is 0.143. The van der Waals surface area contributed by atoms with Gasteiger partial charge in [0.15, 0.2) is 5.82 Å². The maximum absolute atomic E-state index is 13.9. The molecular formula is C21H17ClFN5O2. The minimum atomic E-state index is -0.792. The molecule has 0 unspecified atom stereocenters. The highest BCUT2D eigenvalue weighted by atomic mass is 35.5. The summed E-state index contributed by atoms with van der Waals surface area (Å²) >= 11 is 5.94. The van der Waals surface area contributed by atoms with Crippen LogP contribution in [0.15, 0.2) is 59.8 Å². The van der Waals surface area contributed by atoms with Gasteiger partial charge < -0.3 is 5.32 Å². The van der Waals surface area contributed by atoms with Crippen molar-refractivity contribution in [1.82, 2.24) is 19.3 Å². The van der Waals surface area contributed by atoms with E-state index in [1.54, 1.807) is 56.4 Å². The second-order valence-corrected chi connectivity index (χ2v) is 7.26. The average molecular weight is 426 g/mol. The van der Waals surface area contributed by atoms with Crippen LogP contribution in [-0.2, 0) is 11.8 Å². The van der Waals surface area contributed by atoms with Gasteiger partial charge in [0, 0.05) is 23.3 Å². The molecule has 1 N–H and O–H groups in total. The van der Waals surface area contributed by atoms with E-state index in [-0.39, 0.29) is 11.5 Å². The molecule has 0 saturated carbocycles. The monoisotopic (exact) mass is 425 g/mol. The highest BCUT2D eigenvalue weighted by Gasteiger charge is 2.18. The number of hydrogen-bond acceptors (Lipinski definition) is 4. The van der Waals surface area contributed by atoms with Crippen LogP contribution in [0.25, 0.3) is 22.2 Å². The Hall–Kier alpha value is -3.52. The van der Waals surface area contributed by atoms with Crippen molar-refractivity contribution in [3.8, 4) is 11.3 Å². The van der Waals surface area contributed by atoms with E-state index < -0.39 is 11.9 Å². The smallest absolute Gasteiger partial charge is 0.261 e. The molecule has 4 aromatic rings. The number of rotatable bonds is 4. The zero-order valence-corrected chi connectivity index (χ0v) is 16.9. The Morgan fingerprint density at radius 1 is 1.20 bits per heavy atom. The van der Waals surface area contributed by atoms with Crippen molar-refractivity contribution in [3.05, 3.63) is 76.2 Å². The number of hydrogen-bond donors (Lipinski definition) is 1. The summed E-state index contributed by atoms with van der Waals surface area (Å²) in [6, 6.07) is 10.7. The fourth-order valence-corrected chi connectivity index (χ4v) is 3.37. The van der Waals surface area contributed by atoms with Crippen LogP contribution in [0.4, 0.5) is 10.1 Å². The number of fused-ring (bicyclic) bond motifs is 1. The third-order valence-corrected chi connectivity index (χ3v) is 5.10. The lowest BCUT2D eigenvalue weighted by Gasteiger charge is -2.15. The largest absolute Gasteiger partial charge is 0.324 e. The molecule has 152 valence electrons. The zero-order chi connectivity index (χ0) is 21.4. The van der Waals surface area contributed by atoms with Crippen molar-refractivity contribution in [2.24, 2.45) is 7.05 Å². The predicted molar refractivity (Wildman–Crippen MR) is 113 cm³/mol. The third kappa shape index (κ3) is 3.57. The molecule has 0 radical (unpaired) electrons. The number of halogens is 2. The molecule has 2 heterocycles. The second kappa shape index (κ2) is 7.72. The number of carbonyl (C=O) groups is 1. The molecule has 1 amide bonds. The van der Waals surface area contributed by atoms with Crippen molar-refractivity contribution in [2.45, 2.75) is 13.0 Å². The number of nitrogens with one attached hydrogen (secondary N) is 1. The summed E-state index contributed by atoms with van der Waals surface area (Å²) < 4.78 is 16.6. The van der Waals surface area contributed by atoms with Crippen LogP contribution in [0.5, 0.6) is 0 Å². The first kappa shape index (κ1) is 19.8. The highest BCUT2D eigenvalue weighted by molar-refractivity contribution is 6.31. The summed E-state index contributed by atoms with van der Waals surface area (Å²) in [7, 11) is 1.65. The van der Waals surface area contributed by atoms with Crippen LogP contribution >= 0.6 is 11.6 Å². The quantitative estimate of drug-likeness (QED) is 0.539. The van der Waals surface area contributed by atoms with Crippen LogP contribution in [0, 0.1) is 5.82 Å². The van der Waals surface area contributed by atoms with E-state index in [0.29, 0.717) is 32.9 Å². The molecule has 30 heavy (non-hydrogen) atoms. The summed E-state index contributed by atoms with van der Waals surface area (Å²) in [5.74, 6) is -0.806. The molecule has 1 atom stereocenters. The van der Waals surface area contributed by atoms with E-state index in [1.165, 1.54) is 15.6 Å². The van der Waals surface area contributed by atoms with Gasteiger partial charge in [-0.3, -0.25) is 18.8 Å². The van der Waals surface area contributed by atoms with Crippen molar-refractivity contribution >= 4 is 34.1 Å². The van der Waals surface area contributed by atoms with Crippen LogP contribution in [0.2, 0.25) is 5.02 Å². The average Bonchev–Trinajstić information content (AvgIpc) is 3.06. The Morgan fingerprint density at radius 2 is 1.93 bits per heavy atom. The number of carbonyl (C=O) groups excluding carboxylic acids is 1. The van der Waals surface area contributed by atoms with Crippen molar-refractivity contribution < 1.29 is 9.18 Å². The Bertz CT molecular complexity index is 1290. The van der Waals surface area contributed by atoms with E-state index in [1.807, 2.05) is 0 Å². The summed E-state index contributed by atoms with van der Waals surface area (Å²) in [6.07, 6.45) is 2.48. The second-order valence-electron chi connectivity index (χ2n) is 6.83. The fourth-order valence-electron chi connectivity index (χ4n) is 3.20. The predicted octanol–water partition coefficient (Wildman–Crippen LogP) is 3.79. The van der Waals surface area contributed by atoms with Crippen molar-refractivity contribution in [2.75, 3.05) is 5.32 Å².